The fraction of sp³-hybridized carbons (Fsp3) is 0.333. The Morgan fingerprint density at radius 3 is 2.44 bits per heavy atom. The third-order valence-corrected chi connectivity index (χ3v) is 2.48. The molecule has 0 spiro atoms. The Labute approximate surface area is 102 Å². The van der Waals surface area contributed by atoms with Gasteiger partial charge in [0.1, 0.15) is 17.3 Å². The second-order valence-corrected chi connectivity index (χ2v) is 4.03. The van der Waals surface area contributed by atoms with E-state index < -0.39 is 35.8 Å². The molecular weight excluding hydrogens is 244 g/mol. The van der Waals surface area contributed by atoms with Crippen molar-refractivity contribution < 1.29 is 23.1 Å². The molecular formula is C12H11F2NO3. The third-order valence-electron chi connectivity index (χ3n) is 2.48. The van der Waals surface area contributed by atoms with Crippen LogP contribution < -0.4 is 5.32 Å². The lowest BCUT2D eigenvalue weighted by Crippen LogP contribution is -2.22. The Kier molecular flexibility index (Phi) is 3.55. The largest absolute Gasteiger partial charge is 0.455 e. The molecule has 0 saturated heterocycles. The Balaban J connectivity index is 1.88. The molecule has 1 N–H and O–H groups in total. The van der Waals surface area contributed by atoms with Gasteiger partial charge in [0.2, 0.25) is 0 Å². The van der Waals surface area contributed by atoms with Crippen molar-refractivity contribution in [1.82, 2.24) is 0 Å². The van der Waals surface area contributed by atoms with Crippen molar-refractivity contribution in [3.8, 4) is 0 Å². The molecule has 1 aliphatic rings. The molecule has 0 radical (unpaired) electrons. The van der Waals surface area contributed by atoms with Crippen LogP contribution in [0.15, 0.2) is 18.2 Å². The van der Waals surface area contributed by atoms with Gasteiger partial charge in [-0.2, -0.15) is 0 Å². The topological polar surface area (TPSA) is 55.4 Å². The van der Waals surface area contributed by atoms with E-state index in [0.717, 1.165) is 25.0 Å². The van der Waals surface area contributed by atoms with Crippen molar-refractivity contribution in [3.05, 3.63) is 29.8 Å². The second kappa shape index (κ2) is 5.12. The number of rotatable bonds is 4. The predicted octanol–water partition coefficient (Wildman–Crippen LogP) is 1.86. The molecule has 1 aliphatic carbocycles. The predicted molar refractivity (Wildman–Crippen MR) is 58.7 cm³/mol. The van der Waals surface area contributed by atoms with E-state index in [-0.39, 0.29) is 5.92 Å². The van der Waals surface area contributed by atoms with E-state index in [4.69, 9.17) is 0 Å². The van der Waals surface area contributed by atoms with Crippen LogP contribution in [0.1, 0.15) is 12.8 Å². The number of hydrogen-bond donors (Lipinski definition) is 1. The van der Waals surface area contributed by atoms with Gasteiger partial charge >= 0.3 is 5.97 Å². The van der Waals surface area contributed by atoms with Crippen molar-refractivity contribution in [3.63, 3.8) is 0 Å². The SMILES string of the molecule is O=C(COC(=O)C1CC1)Nc1c(F)cccc1F. The van der Waals surface area contributed by atoms with Crippen molar-refractivity contribution in [2.45, 2.75) is 12.8 Å². The number of ether oxygens (including phenoxy) is 1. The van der Waals surface area contributed by atoms with Gasteiger partial charge in [-0.15, -0.1) is 0 Å². The van der Waals surface area contributed by atoms with Crippen molar-refractivity contribution >= 4 is 17.6 Å². The molecule has 0 atom stereocenters. The maximum atomic E-state index is 13.2. The van der Waals surface area contributed by atoms with Crippen LogP contribution in [0.3, 0.4) is 0 Å². The first kappa shape index (κ1) is 12.5. The standard InChI is InChI=1S/C12H11F2NO3/c13-8-2-1-3-9(14)11(8)15-10(16)6-18-12(17)7-4-5-7/h1-3,7H,4-6H2,(H,15,16). The number of para-hydroxylation sites is 1. The van der Waals surface area contributed by atoms with Crippen molar-refractivity contribution in [2.24, 2.45) is 5.92 Å². The number of hydrogen-bond acceptors (Lipinski definition) is 3. The maximum absolute atomic E-state index is 13.2. The molecule has 1 fully saturated rings. The third kappa shape index (κ3) is 3.03. The van der Waals surface area contributed by atoms with Crippen LogP contribution in [-0.4, -0.2) is 18.5 Å². The van der Waals surface area contributed by atoms with Gasteiger partial charge in [-0.1, -0.05) is 6.07 Å². The summed E-state index contributed by atoms with van der Waals surface area (Å²) >= 11 is 0. The molecule has 1 aromatic carbocycles. The summed E-state index contributed by atoms with van der Waals surface area (Å²) < 4.78 is 31.1. The van der Waals surface area contributed by atoms with Gasteiger partial charge < -0.3 is 10.1 Å². The zero-order chi connectivity index (χ0) is 13.1. The minimum absolute atomic E-state index is 0.122. The molecule has 1 aromatic rings. The number of nitrogens with one attached hydrogen (secondary N) is 1. The highest BCUT2D eigenvalue weighted by atomic mass is 19.1. The molecule has 0 bridgehead atoms. The summed E-state index contributed by atoms with van der Waals surface area (Å²) in [6.45, 7) is -0.539. The highest BCUT2D eigenvalue weighted by molar-refractivity contribution is 5.93. The Bertz CT molecular complexity index is 466. The van der Waals surface area contributed by atoms with Gasteiger partial charge in [-0.3, -0.25) is 9.59 Å². The van der Waals surface area contributed by atoms with Crippen LogP contribution in [0.2, 0.25) is 0 Å². The summed E-state index contributed by atoms with van der Waals surface area (Å²) in [5.41, 5.74) is -0.537. The first-order chi connectivity index (χ1) is 8.58. The molecule has 0 aromatic heterocycles. The summed E-state index contributed by atoms with van der Waals surface area (Å²) in [4.78, 5) is 22.5. The molecule has 0 aliphatic heterocycles. The summed E-state index contributed by atoms with van der Waals surface area (Å²) in [7, 11) is 0. The number of carbonyl (C=O) groups excluding carboxylic acids is 2. The molecule has 6 heteroatoms. The van der Waals surface area contributed by atoms with E-state index in [2.05, 4.69) is 4.74 Å². The summed E-state index contributed by atoms with van der Waals surface area (Å²) in [6.07, 6.45) is 1.53. The zero-order valence-corrected chi connectivity index (χ0v) is 9.41. The molecule has 4 nitrogen and oxygen atoms in total. The quantitative estimate of drug-likeness (QED) is 0.835. The van der Waals surface area contributed by atoms with Crippen LogP contribution >= 0.6 is 0 Å². The number of amides is 1. The molecule has 96 valence electrons. The van der Waals surface area contributed by atoms with Crippen molar-refractivity contribution in [2.75, 3.05) is 11.9 Å². The Morgan fingerprint density at radius 2 is 1.89 bits per heavy atom. The highest BCUT2D eigenvalue weighted by Gasteiger charge is 2.31. The van der Waals surface area contributed by atoms with Gasteiger partial charge in [0.15, 0.2) is 6.61 Å². The minimum atomic E-state index is -0.878. The van der Waals surface area contributed by atoms with E-state index in [1.54, 1.807) is 0 Å². The lowest BCUT2D eigenvalue weighted by molar-refractivity contribution is -0.148. The number of esters is 1. The number of carbonyl (C=O) groups is 2. The summed E-state index contributed by atoms with van der Waals surface area (Å²) in [6, 6.07) is 3.23. The van der Waals surface area contributed by atoms with E-state index in [0.29, 0.717) is 0 Å². The highest BCUT2D eigenvalue weighted by Crippen LogP contribution is 2.30. The normalized spacial score (nSPS) is 14.1. The Morgan fingerprint density at radius 1 is 1.28 bits per heavy atom. The summed E-state index contributed by atoms with van der Waals surface area (Å²) in [5, 5.41) is 2.03. The van der Waals surface area contributed by atoms with E-state index in [1.165, 1.54) is 6.07 Å². The monoisotopic (exact) mass is 255 g/mol. The van der Waals surface area contributed by atoms with Crippen LogP contribution in [0.4, 0.5) is 14.5 Å². The lowest BCUT2D eigenvalue weighted by atomic mass is 10.3. The van der Waals surface area contributed by atoms with E-state index in [9.17, 15) is 18.4 Å². The molecule has 2 rings (SSSR count). The van der Waals surface area contributed by atoms with Gasteiger partial charge in [0.05, 0.1) is 5.92 Å². The van der Waals surface area contributed by atoms with Crippen LogP contribution in [0.5, 0.6) is 0 Å². The second-order valence-electron chi connectivity index (χ2n) is 4.03. The zero-order valence-electron chi connectivity index (χ0n) is 9.41. The molecule has 1 amide bonds. The Hall–Kier alpha value is -1.98. The van der Waals surface area contributed by atoms with Gasteiger partial charge in [-0.25, -0.2) is 8.78 Å². The van der Waals surface area contributed by atoms with Crippen LogP contribution in [0.25, 0.3) is 0 Å². The average Bonchev–Trinajstić information content (AvgIpc) is 3.15. The smallest absolute Gasteiger partial charge is 0.309 e. The van der Waals surface area contributed by atoms with Crippen LogP contribution in [0, 0.1) is 17.6 Å². The molecule has 18 heavy (non-hydrogen) atoms. The van der Waals surface area contributed by atoms with E-state index in [1.807, 2.05) is 5.32 Å². The van der Waals surface area contributed by atoms with Gasteiger partial charge in [0.25, 0.3) is 5.91 Å². The molecule has 0 heterocycles. The number of anilines is 1. The number of halogens is 2. The van der Waals surface area contributed by atoms with Gasteiger partial charge in [-0.05, 0) is 25.0 Å². The first-order valence-corrected chi connectivity index (χ1v) is 5.48. The minimum Gasteiger partial charge on any atom is -0.455 e. The van der Waals surface area contributed by atoms with Gasteiger partial charge in [0, 0.05) is 0 Å². The lowest BCUT2D eigenvalue weighted by Gasteiger charge is -2.07. The fourth-order valence-corrected chi connectivity index (χ4v) is 1.37. The fourth-order valence-electron chi connectivity index (χ4n) is 1.37. The average molecular weight is 255 g/mol. The molecule has 0 unspecified atom stereocenters. The van der Waals surface area contributed by atoms with Crippen molar-refractivity contribution in [1.29, 1.82) is 0 Å². The van der Waals surface area contributed by atoms with E-state index >= 15 is 0 Å². The number of benzene rings is 1. The molecule has 1 saturated carbocycles. The van der Waals surface area contributed by atoms with Crippen LogP contribution in [-0.2, 0) is 14.3 Å². The maximum Gasteiger partial charge on any atom is 0.309 e. The summed E-state index contributed by atoms with van der Waals surface area (Å²) in [5.74, 6) is -3.09. The first-order valence-electron chi connectivity index (χ1n) is 5.48.